The number of thioether (sulfide) groups is 1. The van der Waals surface area contributed by atoms with E-state index in [0.717, 1.165) is 17.0 Å². The maximum absolute atomic E-state index is 13.1. The van der Waals surface area contributed by atoms with Gasteiger partial charge < -0.3 is 9.84 Å². The minimum atomic E-state index is -4.48. The third-order valence-corrected chi connectivity index (χ3v) is 7.37. The van der Waals surface area contributed by atoms with Gasteiger partial charge in [-0.2, -0.15) is 13.2 Å². The van der Waals surface area contributed by atoms with Crippen LogP contribution in [-0.4, -0.2) is 39.5 Å². The first kappa shape index (κ1) is 22.2. The third kappa shape index (κ3) is 4.99. The number of carboxylic acid groups (broad SMARTS) is 1. The third-order valence-electron chi connectivity index (χ3n) is 4.56. The number of ether oxygens (including phenoxy) is 1. The Hall–Kier alpha value is -1.49. The highest BCUT2D eigenvalue weighted by Crippen LogP contribution is 2.46. The lowest BCUT2D eigenvalue weighted by Gasteiger charge is -2.32. The molecule has 29 heavy (non-hydrogen) atoms. The van der Waals surface area contributed by atoms with Crippen molar-refractivity contribution in [2.75, 3.05) is 6.61 Å². The highest BCUT2D eigenvalue weighted by molar-refractivity contribution is 7.99. The fourth-order valence-corrected chi connectivity index (χ4v) is 5.57. The Bertz CT molecular complexity index is 878. The van der Waals surface area contributed by atoms with Crippen LogP contribution in [0.15, 0.2) is 34.8 Å². The molecule has 0 spiro atoms. The lowest BCUT2D eigenvalue weighted by molar-refractivity contribution is -0.137. The van der Waals surface area contributed by atoms with Crippen LogP contribution in [0.1, 0.15) is 36.0 Å². The van der Waals surface area contributed by atoms with Crippen LogP contribution in [0.25, 0.3) is 0 Å². The van der Waals surface area contributed by atoms with Gasteiger partial charge in [0.1, 0.15) is 5.72 Å². The molecule has 11 heteroatoms. The molecule has 158 valence electrons. The molecule has 2 atom stereocenters. The SMILES string of the molecule is CC1(C)OC[C@H](C[C@@H](Sc2cc(C(F)(F)F)ccc2Cl)c2cncs2)N1C(=O)O. The van der Waals surface area contributed by atoms with Crippen molar-refractivity contribution in [2.45, 2.75) is 48.4 Å². The van der Waals surface area contributed by atoms with E-state index in [1.165, 1.54) is 34.1 Å². The molecule has 2 aromatic rings. The van der Waals surface area contributed by atoms with Crippen LogP contribution in [-0.2, 0) is 10.9 Å². The maximum Gasteiger partial charge on any atom is 0.416 e. The molecule has 1 saturated heterocycles. The van der Waals surface area contributed by atoms with Gasteiger partial charge in [-0.3, -0.25) is 9.88 Å². The van der Waals surface area contributed by atoms with Crippen molar-refractivity contribution < 1.29 is 27.8 Å². The van der Waals surface area contributed by atoms with Gasteiger partial charge in [-0.1, -0.05) is 11.6 Å². The van der Waals surface area contributed by atoms with Crippen LogP contribution in [0.4, 0.5) is 18.0 Å². The lowest BCUT2D eigenvalue weighted by atomic mass is 10.1. The summed E-state index contributed by atoms with van der Waals surface area (Å²) in [5.41, 5.74) is -0.140. The van der Waals surface area contributed by atoms with E-state index >= 15 is 0 Å². The summed E-state index contributed by atoms with van der Waals surface area (Å²) in [4.78, 5) is 18.1. The molecular formula is C18H18ClF3N2O3S2. The molecule has 1 aromatic carbocycles. The van der Waals surface area contributed by atoms with Gasteiger partial charge in [0.05, 0.1) is 28.7 Å². The molecule has 3 rings (SSSR count). The van der Waals surface area contributed by atoms with Gasteiger partial charge in [0.2, 0.25) is 0 Å². The van der Waals surface area contributed by atoms with Crippen molar-refractivity contribution in [2.24, 2.45) is 0 Å². The number of aromatic nitrogens is 1. The smallest absolute Gasteiger partial charge is 0.416 e. The summed E-state index contributed by atoms with van der Waals surface area (Å²) in [6.07, 6.45) is -3.61. The zero-order chi connectivity index (χ0) is 21.4. The van der Waals surface area contributed by atoms with E-state index in [9.17, 15) is 23.1 Å². The van der Waals surface area contributed by atoms with Gasteiger partial charge in [0.15, 0.2) is 0 Å². The maximum atomic E-state index is 13.1. The van der Waals surface area contributed by atoms with Crippen molar-refractivity contribution in [3.63, 3.8) is 0 Å². The molecule has 1 fully saturated rings. The van der Waals surface area contributed by atoms with Gasteiger partial charge >= 0.3 is 12.3 Å². The number of hydrogen-bond acceptors (Lipinski definition) is 5. The highest BCUT2D eigenvalue weighted by atomic mass is 35.5. The van der Waals surface area contributed by atoms with Gasteiger partial charge in [-0.25, -0.2) is 4.79 Å². The Morgan fingerprint density at radius 2 is 2.24 bits per heavy atom. The van der Waals surface area contributed by atoms with Crippen molar-refractivity contribution in [3.8, 4) is 0 Å². The van der Waals surface area contributed by atoms with Crippen LogP contribution in [0, 0.1) is 0 Å². The quantitative estimate of drug-likeness (QED) is 0.535. The van der Waals surface area contributed by atoms with E-state index in [0.29, 0.717) is 6.42 Å². The molecule has 1 aromatic heterocycles. The Labute approximate surface area is 178 Å². The Kier molecular flexibility index (Phi) is 6.38. The molecule has 2 heterocycles. The predicted molar refractivity (Wildman–Crippen MR) is 105 cm³/mol. The molecule has 1 aliphatic rings. The fraction of sp³-hybridized carbons (Fsp3) is 0.444. The number of halogens is 4. The summed E-state index contributed by atoms with van der Waals surface area (Å²) in [7, 11) is 0. The van der Waals surface area contributed by atoms with E-state index < -0.39 is 29.6 Å². The number of thiazole rings is 1. The molecule has 1 amide bonds. The molecule has 5 nitrogen and oxygen atoms in total. The topological polar surface area (TPSA) is 62.7 Å². The molecule has 0 saturated carbocycles. The number of benzene rings is 1. The molecule has 0 unspecified atom stereocenters. The first-order valence-corrected chi connectivity index (χ1v) is 10.7. The van der Waals surface area contributed by atoms with Crippen molar-refractivity contribution in [3.05, 3.63) is 45.4 Å². The Morgan fingerprint density at radius 3 is 2.83 bits per heavy atom. The second kappa shape index (κ2) is 8.33. The summed E-state index contributed by atoms with van der Waals surface area (Å²) in [6.45, 7) is 3.53. The first-order chi connectivity index (χ1) is 13.5. The van der Waals surface area contributed by atoms with E-state index in [1.807, 2.05) is 0 Å². The zero-order valence-electron chi connectivity index (χ0n) is 15.4. The summed E-state index contributed by atoms with van der Waals surface area (Å²) in [6, 6.07) is 2.73. The van der Waals surface area contributed by atoms with E-state index in [1.54, 1.807) is 25.6 Å². The average molecular weight is 467 g/mol. The highest BCUT2D eigenvalue weighted by Gasteiger charge is 2.45. The number of amides is 1. The van der Waals surface area contributed by atoms with Gasteiger partial charge in [0.25, 0.3) is 0 Å². The minimum Gasteiger partial charge on any atom is -0.465 e. The summed E-state index contributed by atoms with van der Waals surface area (Å²) in [5, 5.41) is 9.47. The van der Waals surface area contributed by atoms with Crippen molar-refractivity contribution in [1.29, 1.82) is 0 Å². The Morgan fingerprint density at radius 1 is 1.52 bits per heavy atom. The van der Waals surface area contributed by atoms with Crippen LogP contribution >= 0.6 is 34.7 Å². The van der Waals surface area contributed by atoms with Crippen LogP contribution in [0.2, 0.25) is 5.02 Å². The zero-order valence-corrected chi connectivity index (χ0v) is 17.8. The van der Waals surface area contributed by atoms with Crippen molar-refractivity contribution >= 4 is 40.8 Å². The largest absolute Gasteiger partial charge is 0.465 e. The summed E-state index contributed by atoms with van der Waals surface area (Å²) < 4.78 is 45.0. The molecule has 0 radical (unpaired) electrons. The second-order valence-corrected chi connectivity index (χ2v) is 9.52. The molecule has 1 aliphatic heterocycles. The fourth-order valence-electron chi connectivity index (χ4n) is 3.22. The average Bonchev–Trinajstić information content (AvgIpc) is 3.22. The first-order valence-electron chi connectivity index (χ1n) is 8.57. The summed E-state index contributed by atoms with van der Waals surface area (Å²) in [5.74, 6) is 0. The van der Waals surface area contributed by atoms with Gasteiger partial charge in [0, 0.05) is 21.2 Å². The monoisotopic (exact) mass is 466 g/mol. The molecular weight excluding hydrogens is 449 g/mol. The number of rotatable bonds is 5. The van der Waals surface area contributed by atoms with E-state index in [2.05, 4.69) is 4.98 Å². The van der Waals surface area contributed by atoms with E-state index in [-0.39, 0.29) is 21.8 Å². The number of alkyl halides is 3. The van der Waals surface area contributed by atoms with Gasteiger partial charge in [-0.15, -0.1) is 23.1 Å². The van der Waals surface area contributed by atoms with E-state index in [4.69, 9.17) is 16.3 Å². The van der Waals surface area contributed by atoms with Crippen LogP contribution in [0.5, 0.6) is 0 Å². The molecule has 0 bridgehead atoms. The Balaban J connectivity index is 1.90. The standard InChI is InChI=1S/C18H18ClF3N2O3S2/c1-17(2)24(16(25)26)11(8-27-17)6-14(15-7-23-9-28-15)29-13-5-10(18(20,21)22)3-4-12(13)19/h3-5,7,9,11,14H,6,8H2,1-2H3,(H,25,26)/t11-,14+/m0/s1. The molecule has 1 N–H and O–H groups in total. The predicted octanol–water partition coefficient (Wildman–Crippen LogP) is 6.15. The number of nitrogens with zero attached hydrogens (tertiary/aromatic N) is 2. The number of hydrogen-bond donors (Lipinski definition) is 1. The second-order valence-electron chi connectivity index (χ2n) is 6.95. The lowest BCUT2D eigenvalue weighted by Crippen LogP contribution is -2.47. The van der Waals surface area contributed by atoms with Crippen molar-refractivity contribution in [1.82, 2.24) is 9.88 Å². The minimum absolute atomic E-state index is 0.200. The normalized spacial score (nSPS) is 20.1. The molecule has 0 aliphatic carbocycles. The summed E-state index contributed by atoms with van der Waals surface area (Å²) >= 11 is 8.69. The van der Waals surface area contributed by atoms with Crippen LogP contribution in [0.3, 0.4) is 0 Å². The van der Waals surface area contributed by atoms with Crippen LogP contribution < -0.4 is 0 Å². The van der Waals surface area contributed by atoms with Gasteiger partial charge in [-0.05, 0) is 38.5 Å². The number of carbonyl (C=O) groups is 1.